The SMILES string of the molecule is Cc1ccc(F)c(Cc2ccc(-c3ccc(C#N)cc3)s2)c1. The van der Waals surface area contributed by atoms with Gasteiger partial charge in [0.15, 0.2) is 0 Å². The smallest absolute Gasteiger partial charge is 0.126 e. The quantitative estimate of drug-likeness (QED) is 0.642. The highest BCUT2D eigenvalue weighted by Crippen LogP contribution is 2.30. The van der Waals surface area contributed by atoms with Gasteiger partial charge < -0.3 is 0 Å². The molecular formula is C19H14FNS. The fourth-order valence-corrected chi connectivity index (χ4v) is 3.40. The third-order valence-electron chi connectivity index (χ3n) is 3.53. The molecule has 3 heteroatoms. The summed E-state index contributed by atoms with van der Waals surface area (Å²) >= 11 is 1.66. The van der Waals surface area contributed by atoms with Crippen LogP contribution in [0.15, 0.2) is 54.6 Å². The molecule has 0 aliphatic heterocycles. The van der Waals surface area contributed by atoms with Crippen molar-refractivity contribution in [2.45, 2.75) is 13.3 Å². The predicted molar refractivity (Wildman–Crippen MR) is 88.4 cm³/mol. The molecule has 3 aromatic rings. The van der Waals surface area contributed by atoms with E-state index in [1.54, 1.807) is 17.4 Å². The number of benzene rings is 2. The van der Waals surface area contributed by atoms with Crippen molar-refractivity contribution in [3.8, 4) is 16.5 Å². The second-order valence-electron chi connectivity index (χ2n) is 5.23. The van der Waals surface area contributed by atoms with Crippen LogP contribution in [0.4, 0.5) is 4.39 Å². The Morgan fingerprint density at radius 2 is 1.82 bits per heavy atom. The molecule has 0 unspecified atom stereocenters. The number of rotatable bonds is 3. The van der Waals surface area contributed by atoms with Gasteiger partial charge >= 0.3 is 0 Å². The summed E-state index contributed by atoms with van der Waals surface area (Å²) in [4.78, 5) is 2.26. The van der Waals surface area contributed by atoms with Crippen molar-refractivity contribution in [1.82, 2.24) is 0 Å². The summed E-state index contributed by atoms with van der Waals surface area (Å²) in [5.41, 5.74) is 3.54. The first kappa shape index (κ1) is 14.5. The molecule has 0 bridgehead atoms. The van der Waals surface area contributed by atoms with Crippen LogP contribution in [-0.2, 0) is 6.42 Å². The summed E-state index contributed by atoms with van der Waals surface area (Å²) in [5.74, 6) is -0.154. The Bertz CT molecular complexity index is 841. The number of aryl methyl sites for hydroxylation is 1. The molecule has 0 spiro atoms. The average molecular weight is 307 g/mol. The van der Waals surface area contributed by atoms with Crippen LogP contribution in [0.5, 0.6) is 0 Å². The average Bonchev–Trinajstić information content (AvgIpc) is 2.99. The number of thiophene rings is 1. The van der Waals surface area contributed by atoms with E-state index in [4.69, 9.17) is 5.26 Å². The molecule has 0 amide bonds. The maximum Gasteiger partial charge on any atom is 0.126 e. The van der Waals surface area contributed by atoms with E-state index in [0.717, 1.165) is 26.4 Å². The molecule has 0 radical (unpaired) electrons. The lowest BCUT2D eigenvalue weighted by Crippen LogP contribution is -1.91. The van der Waals surface area contributed by atoms with Gasteiger partial charge in [0.1, 0.15) is 5.82 Å². The number of hydrogen-bond donors (Lipinski definition) is 0. The molecule has 0 aliphatic carbocycles. The number of nitriles is 1. The lowest BCUT2D eigenvalue weighted by atomic mass is 10.1. The molecule has 0 aliphatic rings. The van der Waals surface area contributed by atoms with Crippen molar-refractivity contribution < 1.29 is 4.39 Å². The first-order valence-electron chi connectivity index (χ1n) is 7.00. The lowest BCUT2D eigenvalue weighted by Gasteiger charge is -2.03. The maximum absolute atomic E-state index is 13.8. The summed E-state index contributed by atoms with van der Waals surface area (Å²) in [6.07, 6.45) is 0.606. The molecule has 2 aromatic carbocycles. The van der Waals surface area contributed by atoms with E-state index in [2.05, 4.69) is 12.1 Å². The Balaban J connectivity index is 1.84. The fourth-order valence-electron chi connectivity index (χ4n) is 2.36. The monoisotopic (exact) mass is 307 g/mol. The van der Waals surface area contributed by atoms with Crippen molar-refractivity contribution in [3.05, 3.63) is 82.0 Å². The largest absolute Gasteiger partial charge is 0.207 e. The molecule has 108 valence electrons. The van der Waals surface area contributed by atoms with E-state index >= 15 is 0 Å². The zero-order valence-electron chi connectivity index (χ0n) is 12.1. The molecule has 0 saturated heterocycles. The maximum atomic E-state index is 13.8. The van der Waals surface area contributed by atoms with E-state index < -0.39 is 0 Å². The number of hydrogen-bond acceptors (Lipinski definition) is 2. The Morgan fingerprint density at radius 1 is 1.05 bits per heavy atom. The van der Waals surface area contributed by atoms with Crippen LogP contribution in [0.25, 0.3) is 10.4 Å². The van der Waals surface area contributed by atoms with Crippen molar-refractivity contribution >= 4 is 11.3 Å². The number of halogens is 1. The minimum absolute atomic E-state index is 0.154. The van der Waals surface area contributed by atoms with E-state index in [-0.39, 0.29) is 5.82 Å². The Hall–Kier alpha value is -2.44. The topological polar surface area (TPSA) is 23.8 Å². The van der Waals surface area contributed by atoms with Gasteiger partial charge in [0.05, 0.1) is 11.6 Å². The molecule has 0 saturated carbocycles. The van der Waals surface area contributed by atoms with Crippen molar-refractivity contribution in [3.63, 3.8) is 0 Å². The van der Waals surface area contributed by atoms with Gasteiger partial charge in [0, 0.05) is 16.2 Å². The van der Waals surface area contributed by atoms with Gasteiger partial charge in [-0.1, -0.05) is 29.8 Å². The van der Waals surface area contributed by atoms with Crippen LogP contribution in [0, 0.1) is 24.1 Å². The van der Waals surface area contributed by atoms with Crippen molar-refractivity contribution in [1.29, 1.82) is 5.26 Å². The van der Waals surface area contributed by atoms with E-state index in [0.29, 0.717) is 12.0 Å². The molecule has 3 rings (SSSR count). The van der Waals surface area contributed by atoms with Crippen LogP contribution in [-0.4, -0.2) is 0 Å². The van der Waals surface area contributed by atoms with Gasteiger partial charge in [-0.15, -0.1) is 11.3 Å². The zero-order chi connectivity index (χ0) is 15.5. The first-order chi connectivity index (χ1) is 10.7. The van der Waals surface area contributed by atoms with Gasteiger partial charge in [0.2, 0.25) is 0 Å². The molecule has 1 heterocycles. The van der Waals surface area contributed by atoms with Crippen molar-refractivity contribution in [2.75, 3.05) is 0 Å². The standard InChI is InChI=1S/C19H14FNS/c1-13-2-8-18(20)16(10-13)11-17-7-9-19(22-17)15-5-3-14(12-21)4-6-15/h2-10H,11H2,1H3. The molecule has 0 N–H and O–H groups in total. The van der Waals surface area contributed by atoms with Gasteiger partial charge in [-0.05, 0) is 48.4 Å². The van der Waals surface area contributed by atoms with E-state index in [1.807, 2.05) is 43.3 Å². The van der Waals surface area contributed by atoms with Crippen molar-refractivity contribution in [2.24, 2.45) is 0 Å². The minimum atomic E-state index is -0.154. The van der Waals surface area contributed by atoms with Crippen LogP contribution >= 0.6 is 11.3 Å². The Labute approximate surface area is 133 Å². The summed E-state index contributed by atoms with van der Waals surface area (Å²) < 4.78 is 13.8. The summed E-state index contributed by atoms with van der Waals surface area (Å²) in [6, 6.07) is 18.9. The van der Waals surface area contributed by atoms with Gasteiger partial charge in [-0.25, -0.2) is 4.39 Å². The second-order valence-corrected chi connectivity index (χ2v) is 6.40. The second kappa shape index (κ2) is 6.13. The first-order valence-corrected chi connectivity index (χ1v) is 7.81. The van der Waals surface area contributed by atoms with Crippen LogP contribution in [0.1, 0.15) is 21.6 Å². The van der Waals surface area contributed by atoms with Crippen LogP contribution < -0.4 is 0 Å². The minimum Gasteiger partial charge on any atom is -0.207 e. The molecule has 1 aromatic heterocycles. The predicted octanol–water partition coefficient (Wildman–Crippen LogP) is 5.33. The molecule has 0 atom stereocenters. The zero-order valence-corrected chi connectivity index (χ0v) is 13.0. The fraction of sp³-hybridized carbons (Fsp3) is 0.105. The van der Waals surface area contributed by atoms with Gasteiger partial charge in [-0.2, -0.15) is 5.26 Å². The van der Waals surface area contributed by atoms with E-state index in [1.165, 1.54) is 6.07 Å². The third kappa shape index (κ3) is 3.08. The lowest BCUT2D eigenvalue weighted by molar-refractivity contribution is 0.614. The van der Waals surface area contributed by atoms with Crippen LogP contribution in [0.2, 0.25) is 0 Å². The summed E-state index contributed by atoms with van der Waals surface area (Å²) in [7, 11) is 0. The number of nitrogens with zero attached hydrogens (tertiary/aromatic N) is 1. The van der Waals surface area contributed by atoms with Gasteiger partial charge in [0.25, 0.3) is 0 Å². The Morgan fingerprint density at radius 3 is 2.55 bits per heavy atom. The summed E-state index contributed by atoms with van der Waals surface area (Å²) in [6.45, 7) is 1.97. The van der Waals surface area contributed by atoms with Gasteiger partial charge in [-0.3, -0.25) is 0 Å². The molecule has 22 heavy (non-hydrogen) atoms. The summed E-state index contributed by atoms with van der Waals surface area (Å²) in [5, 5.41) is 8.83. The van der Waals surface area contributed by atoms with E-state index in [9.17, 15) is 4.39 Å². The highest BCUT2D eigenvalue weighted by molar-refractivity contribution is 7.15. The normalized spacial score (nSPS) is 10.4. The van der Waals surface area contributed by atoms with Crippen LogP contribution in [0.3, 0.4) is 0 Å². The molecular weight excluding hydrogens is 293 g/mol. The molecule has 1 nitrogen and oxygen atoms in total. The molecule has 0 fully saturated rings. The third-order valence-corrected chi connectivity index (χ3v) is 4.66. The Kier molecular flexibility index (Phi) is 4.04. The highest BCUT2D eigenvalue weighted by Gasteiger charge is 2.07. The highest BCUT2D eigenvalue weighted by atomic mass is 32.1.